The van der Waals surface area contributed by atoms with E-state index in [4.69, 9.17) is 9.84 Å². The highest BCUT2D eigenvalue weighted by atomic mass is 35.5. The van der Waals surface area contributed by atoms with Crippen LogP contribution in [0.2, 0.25) is 0 Å². The molecule has 0 bridgehead atoms. The molecule has 2 rings (SSSR count). The molecule has 1 aromatic carbocycles. The number of aliphatic hydroxyl groups is 1. The number of benzene rings is 1. The lowest BCUT2D eigenvalue weighted by atomic mass is 10.2. The van der Waals surface area contributed by atoms with Crippen molar-refractivity contribution in [1.29, 1.82) is 0 Å². The minimum absolute atomic E-state index is 0. The van der Waals surface area contributed by atoms with Crippen LogP contribution in [0.25, 0.3) is 0 Å². The lowest BCUT2D eigenvalue weighted by Gasteiger charge is -2.31. The van der Waals surface area contributed by atoms with E-state index < -0.39 is 4.92 Å². The topological polar surface area (TPSA) is 80.3 Å². The first-order chi connectivity index (χ1) is 9.65. The standard InChI is InChI=1S/C13H19N3O4.ClH/c1-20-13-10-11(2-3-12(13)16(18)19)15-6-4-14(5-7-15)8-9-17;/h2-3,10,17H,4-9H2,1H3;1H. The molecular formula is C13H20ClN3O4. The number of aliphatic hydroxyl groups excluding tert-OH is 1. The third-order valence-corrected chi connectivity index (χ3v) is 3.66. The number of nitro groups is 1. The van der Waals surface area contributed by atoms with Gasteiger partial charge in [0.2, 0.25) is 5.75 Å². The molecule has 1 saturated heterocycles. The van der Waals surface area contributed by atoms with Crippen molar-refractivity contribution in [2.24, 2.45) is 0 Å². The van der Waals surface area contributed by atoms with E-state index in [1.165, 1.54) is 18.1 Å². The molecule has 0 aromatic heterocycles. The Morgan fingerprint density at radius 3 is 2.62 bits per heavy atom. The molecule has 0 amide bonds. The maximum Gasteiger partial charge on any atom is 0.311 e. The Hall–Kier alpha value is -1.41. The largest absolute Gasteiger partial charge is 1.00 e. The molecule has 118 valence electrons. The number of hydrogen-bond acceptors (Lipinski definition) is 5. The zero-order valence-electron chi connectivity index (χ0n) is 11.9. The smallest absolute Gasteiger partial charge is 0.311 e. The number of nitrogens with zero attached hydrogens (tertiary/aromatic N) is 2. The predicted molar refractivity (Wildman–Crippen MR) is 73.5 cm³/mol. The highest BCUT2D eigenvalue weighted by molar-refractivity contribution is 5.52. The van der Waals surface area contributed by atoms with Crippen LogP contribution >= 0.6 is 0 Å². The summed E-state index contributed by atoms with van der Waals surface area (Å²) in [5, 5.41) is 19.8. The van der Waals surface area contributed by atoms with Crippen molar-refractivity contribution in [3.8, 4) is 5.75 Å². The molecule has 1 aliphatic heterocycles. The second kappa shape index (κ2) is 8.14. The molecule has 0 saturated carbocycles. The first-order valence-corrected chi connectivity index (χ1v) is 6.66. The van der Waals surface area contributed by atoms with Crippen molar-refractivity contribution < 1.29 is 32.1 Å². The number of piperazine rings is 1. The predicted octanol–water partition coefficient (Wildman–Crippen LogP) is -3.57. The summed E-state index contributed by atoms with van der Waals surface area (Å²) in [7, 11) is 1.45. The van der Waals surface area contributed by atoms with E-state index in [0.717, 1.165) is 31.9 Å². The van der Waals surface area contributed by atoms with Crippen LogP contribution in [-0.2, 0) is 0 Å². The van der Waals surface area contributed by atoms with Crippen molar-refractivity contribution in [2.45, 2.75) is 0 Å². The quantitative estimate of drug-likeness (QED) is 0.434. The Labute approximate surface area is 129 Å². The van der Waals surface area contributed by atoms with Crippen LogP contribution in [0.3, 0.4) is 0 Å². The van der Waals surface area contributed by atoms with Gasteiger partial charge in [0, 0.05) is 37.8 Å². The van der Waals surface area contributed by atoms with Crippen molar-refractivity contribution >= 4 is 11.4 Å². The van der Waals surface area contributed by atoms with Crippen molar-refractivity contribution in [3.63, 3.8) is 0 Å². The first-order valence-electron chi connectivity index (χ1n) is 6.66. The Morgan fingerprint density at radius 2 is 2.10 bits per heavy atom. The van der Waals surface area contributed by atoms with E-state index in [1.54, 1.807) is 12.1 Å². The number of ether oxygens (including phenoxy) is 1. The molecule has 8 heteroatoms. The minimum Gasteiger partial charge on any atom is -1.00 e. The Morgan fingerprint density at radius 1 is 1.43 bits per heavy atom. The Balaban J connectivity index is 0.00000220. The van der Waals surface area contributed by atoms with Crippen molar-refractivity contribution in [3.05, 3.63) is 28.3 Å². The van der Waals surface area contributed by atoms with Crippen LogP contribution in [0.5, 0.6) is 5.75 Å². The second-order valence-corrected chi connectivity index (χ2v) is 4.81. The van der Waals surface area contributed by atoms with Gasteiger partial charge in [0.05, 0.1) is 31.7 Å². The van der Waals surface area contributed by atoms with E-state index in [0.29, 0.717) is 12.3 Å². The van der Waals surface area contributed by atoms with E-state index in [2.05, 4.69) is 4.90 Å². The number of nitro benzene ring substituents is 1. The third kappa shape index (κ3) is 4.28. The normalized spacial score (nSPS) is 16.3. The first kappa shape index (κ1) is 17.6. The zero-order valence-corrected chi connectivity index (χ0v) is 12.7. The van der Waals surface area contributed by atoms with Crippen LogP contribution < -0.4 is 22.0 Å². The van der Waals surface area contributed by atoms with Gasteiger partial charge in [-0.1, -0.05) is 0 Å². The molecule has 21 heavy (non-hydrogen) atoms. The van der Waals surface area contributed by atoms with Gasteiger partial charge in [0.1, 0.15) is 5.69 Å². The molecule has 0 atom stereocenters. The monoisotopic (exact) mass is 317 g/mol. The van der Waals surface area contributed by atoms with Gasteiger partial charge in [-0.2, -0.15) is 0 Å². The van der Waals surface area contributed by atoms with Crippen molar-refractivity contribution in [2.75, 3.05) is 46.4 Å². The molecule has 0 aliphatic carbocycles. The van der Waals surface area contributed by atoms with Crippen LogP contribution in [0.1, 0.15) is 0 Å². The van der Waals surface area contributed by atoms with Gasteiger partial charge in [-0.25, -0.2) is 0 Å². The molecule has 1 fully saturated rings. The highest BCUT2D eigenvalue weighted by Gasteiger charge is 2.24. The molecule has 0 spiro atoms. The van der Waals surface area contributed by atoms with Gasteiger partial charge >= 0.3 is 5.69 Å². The van der Waals surface area contributed by atoms with Gasteiger partial charge < -0.3 is 27.2 Å². The van der Waals surface area contributed by atoms with E-state index in [-0.39, 0.29) is 24.7 Å². The molecule has 0 radical (unpaired) electrons. The fourth-order valence-electron chi connectivity index (χ4n) is 2.53. The van der Waals surface area contributed by atoms with Crippen LogP contribution in [0.15, 0.2) is 18.2 Å². The second-order valence-electron chi connectivity index (χ2n) is 4.81. The van der Waals surface area contributed by atoms with Crippen LogP contribution in [0, 0.1) is 10.1 Å². The summed E-state index contributed by atoms with van der Waals surface area (Å²) >= 11 is 0. The van der Waals surface area contributed by atoms with Gasteiger partial charge in [-0.05, 0) is 0 Å². The average Bonchev–Trinajstić information content (AvgIpc) is 2.47. The lowest BCUT2D eigenvalue weighted by molar-refractivity contribution is -0.838. The molecule has 0 unspecified atom stereocenters. The maximum atomic E-state index is 10.9. The molecule has 1 heterocycles. The molecule has 2 N–H and O–H groups in total. The number of methoxy groups -OCH3 is 1. The lowest BCUT2D eigenvalue weighted by Crippen LogP contribution is -3.10. The molecule has 1 aromatic rings. The SMILES string of the molecule is COc1cc([NH+]2CCN(CCO)CC2)ccc1[N+](=O)[O-].[Cl-]. The summed E-state index contributed by atoms with van der Waals surface area (Å²) in [6.07, 6.45) is 0. The van der Waals surface area contributed by atoms with E-state index in [1.807, 2.05) is 0 Å². The summed E-state index contributed by atoms with van der Waals surface area (Å²) in [5.41, 5.74) is 1.01. The zero-order chi connectivity index (χ0) is 14.5. The van der Waals surface area contributed by atoms with Crippen molar-refractivity contribution in [1.82, 2.24) is 4.90 Å². The van der Waals surface area contributed by atoms with Gasteiger partial charge in [0.25, 0.3) is 0 Å². The third-order valence-electron chi connectivity index (χ3n) is 3.66. The van der Waals surface area contributed by atoms with Gasteiger partial charge in [-0.15, -0.1) is 0 Å². The molecule has 1 aliphatic rings. The number of halogens is 1. The molecule has 7 nitrogen and oxygen atoms in total. The summed E-state index contributed by atoms with van der Waals surface area (Å²) in [6, 6.07) is 5.04. The summed E-state index contributed by atoms with van der Waals surface area (Å²) < 4.78 is 5.10. The number of rotatable bonds is 5. The highest BCUT2D eigenvalue weighted by Crippen LogP contribution is 2.28. The average molecular weight is 318 g/mol. The number of hydrogen-bond donors (Lipinski definition) is 2. The Bertz CT molecular complexity index is 478. The number of β-amino-alcohol motifs (C(OH)–C–C–N with tert-alkyl or cyclic N) is 1. The Kier molecular flexibility index (Phi) is 6.83. The van der Waals surface area contributed by atoms with Gasteiger partial charge in [0.15, 0.2) is 0 Å². The summed E-state index contributed by atoms with van der Waals surface area (Å²) in [5.74, 6) is 0.304. The number of nitrogens with one attached hydrogen (secondary N) is 1. The van der Waals surface area contributed by atoms with E-state index in [9.17, 15) is 10.1 Å². The minimum atomic E-state index is -0.433. The maximum absolute atomic E-state index is 10.9. The van der Waals surface area contributed by atoms with Gasteiger partial charge in [-0.3, -0.25) is 15.0 Å². The van der Waals surface area contributed by atoms with Crippen LogP contribution in [0.4, 0.5) is 11.4 Å². The van der Waals surface area contributed by atoms with E-state index >= 15 is 0 Å². The van der Waals surface area contributed by atoms with Crippen LogP contribution in [-0.4, -0.2) is 61.4 Å². The molecular weight excluding hydrogens is 298 g/mol. The fourth-order valence-corrected chi connectivity index (χ4v) is 2.53. The summed E-state index contributed by atoms with van der Waals surface area (Å²) in [6.45, 7) is 4.55. The summed E-state index contributed by atoms with van der Waals surface area (Å²) in [4.78, 5) is 13.9. The fraction of sp³-hybridized carbons (Fsp3) is 0.538. The number of quaternary nitrogens is 1.